The summed E-state index contributed by atoms with van der Waals surface area (Å²) in [7, 11) is -3.36. The van der Waals surface area contributed by atoms with Crippen molar-refractivity contribution in [1.29, 1.82) is 0 Å². The summed E-state index contributed by atoms with van der Waals surface area (Å²) in [5.41, 5.74) is 0.685. The first-order valence-corrected chi connectivity index (χ1v) is 6.86. The fraction of sp³-hybridized carbons (Fsp3) is 0.333. The number of piperazine rings is 1. The quantitative estimate of drug-likeness (QED) is 0.766. The highest BCUT2D eigenvalue weighted by molar-refractivity contribution is 7.89. The molecule has 1 heterocycles. The minimum Gasteiger partial charge on any atom is -0.314 e. The summed E-state index contributed by atoms with van der Waals surface area (Å²) in [4.78, 5) is 0.304. The summed E-state index contributed by atoms with van der Waals surface area (Å²) in [6, 6.07) is 6.42. The molecule has 5 heteroatoms. The summed E-state index contributed by atoms with van der Waals surface area (Å²) in [6.45, 7) is 2.42. The number of hydrogen-bond donors (Lipinski definition) is 1. The predicted octanol–water partition coefficient (Wildman–Crippen LogP) is 0.262. The first-order valence-electron chi connectivity index (χ1n) is 5.42. The normalized spacial score (nSPS) is 17.6. The Hall–Kier alpha value is -1.35. The topological polar surface area (TPSA) is 49.4 Å². The van der Waals surface area contributed by atoms with Crippen molar-refractivity contribution in [3.8, 4) is 12.3 Å². The second-order valence-electron chi connectivity index (χ2n) is 3.82. The molecule has 1 N–H and O–H groups in total. The van der Waals surface area contributed by atoms with E-state index in [1.807, 2.05) is 0 Å². The van der Waals surface area contributed by atoms with Crippen LogP contribution in [-0.4, -0.2) is 38.9 Å². The van der Waals surface area contributed by atoms with Crippen molar-refractivity contribution < 1.29 is 8.42 Å². The first-order chi connectivity index (χ1) is 8.14. The van der Waals surface area contributed by atoms with Crippen LogP contribution < -0.4 is 5.32 Å². The highest BCUT2D eigenvalue weighted by atomic mass is 32.2. The third-order valence-electron chi connectivity index (χ3n) is 2.73. The van der Waals surface area contributed by atoms with E-state index in [4.69, 9.17) is 6.42 Å². The van der Waals surface area contributed by atoms with Crippen molar-refractivity contribution >= 4 is 10.0 Å². The van der Waals surface area contributed by atoms with Gasteiger partial charge in [-0.15, -0.1) is 6.42 Å². The molecule has 0 radical (unpaired) electrons. The maximum absolute atomic E-state index is 12.2. The lowest BCUT2D eigenvalue weighted by molar-refractivity contribution is 0.360. The van der Waals surface area contributed by atoms with E-state index in [9.17, 15) is 8.42 Å². The number of hydrogen-bond acceptors (Lipinski definition) is 3. The molecule has 4 nitrogen and oxygen atoms in total. The van der Waals surface area contributed by atoms with E-state index in [-0.39, 0.29) is 0 Å². The van der Waals surface area contributed by atoms with Gasteiger partial charge < -0.3 is 5.32 Å². The molecule has 90 valence electrons. The van der Waals surface area contributed by atoms with Gasteiger partial charge >= 0.3 is 0 Å². The third-order valence-corrected chi connectivity index (χ3v) is 4.65. The predicted molar refractivity (Wildman–Crippen MR) is 66.0 cm³/mol. The molecule has 0 saturated carbocycles. The van der Waals surface area contributed by atoms with E-state index in [1.54, 1.807) is 24.3 Å². The Morgan fingerprint density at radius 1 is 1.18 bits per heavy atom. The van der Waals surface area contributed by atoms with Crippen LogP contribution in [0.4, 0.5) is 0 Å². The molecule has 17 heavy (non-hydrogen) atoms. The van der Waals surface area contributed by atoms with Gasteiger partial charge in [0, 0.05) is 31.7 Å². The van der Waals surface area contributed by atoms with E-state index in [2.05, 4.69) is 11.2 Å². The van der Waals surface area contributed by atoms with Gasteiger partial charge in [0.2, 0.25) is 10.0 Å². The number of sulfonamides is 1. The van der Waals surface area contributed by atoms with Crippen LogP contribution >= 0.6 is 0 Å². The van der Waals surface area contributed by atoms with Crippen LogP contribution in [0.1, 0.15) is 5.56 Å². The molecule has 1 aliphatic rings. The fourth-order valence-corrected chi connectivity index (χ4v) is 3.20. The molecule has 1 aromatic rings. The van der Waals surface area contributed by atoms with Gasteiger partial charge in [0.05, 0.1) is 4.90 Å². The zero-order valence-corrected chi connectivity index (χ0v) is 10.2. The van der Waals surface area contributed by atoms with E-state index < -0.39 is 10.0 Å². The van der Waals surface area contributed by atoms with E-state index >= 15 is 0 Å². The Morgan fingerprint density at radius 2 is 1.76 bits per heavy atom. The number of terminal acetylenes is 1. The van der Waals surface area contributed by atoms with Crippen molar-refractivity contribution in [3.05, 3.63) is 29.8 Å². The lowest BCUT2D eigenvalue weighted by Gasteiger charge is -2.26. The van der Waals surface area contributed by atoms with Gasteiger partial charge in [0.15, 0.2) is 0 Å². The second-order valence-corrected chi connectivity index (χ2v) is 5.76. The molecule has 0 amide bonds. The minimum atomic E-state index is -3.36. The molecular weight excluding hydrogens is 236 g/mol. The van der Waals surface area contributed by atoms with Gasteiger partial charge in [-0.25, -0.2) is 8.42 Å². The molecule has 0 spiro atoms. The van der Waals surface area contributed by atoms with Crippen molar-refractivity contribution in [1.82, 2.24) is 9.62 Å². The maximum Gasteiger partial charge on any atom is 0.243 e. The lowest BCUT2D eigenvalue weighted by atomic mass is 10.2. The van der Waals surface area contributed by atoms with Crippen LogP contribution in [0.15, 0.2) is 29.2 Å². The summed E-state index contributed by atoms with van der Waals surface area (Å²) in [5, 5.41) is 3.12. The zero-order valence-electron chi connectivity index (χ0n) is 9.39. The Balaban J connectivity index is 2.27. The van der Waals surface area contributed by atoms with Gasteiger partial charge in [-0.2, -0.15) is 4.31 Å². The molecule has 0 bridgehead atoms. The van der Waals surface area contributed by atoms with Gasteiger partial charge in [0.1, 0.15) is 0 Å². The number of nitrogens with zero attached hydrogens (tertiary/aromatic N) is 1. The number of benzene rings is 1. The van der Waals surface area contributed by atoms with Gasteiger partial charge in [-0.05, 0) is 24.3 Å². The monoisotopic (exact) mass is 250 g/mol. The molecule has 1 fully saturated rings. The van der Waals surface area contributed by atoms with Crippen LogP contribution in [0.25, 0.3) is 0 Å². The molecule has 0 unspecified atom stereocenters. The Labute approximate surface area is 102 Å². The summed E-state index contributed by atoms with van der Waals surface area (Å²) >= 11 is 0. The zero-order chi connectivity index (χ0) is 12.3. The molecule has 0 atom stereocenters. The first kappa shape index (κ1) is 12.1. The Bertz CT molecular complexity index is 523. The maximum atomic E-state index is 12.2. The minimum absolute atomic E-state index is 0.304. The van der Waals surface area contributed by atoms with Gasteiger partial charge in [0.25, 0.3) is 0 Å². The van der Waals surface area contributed by atoms with Crippen LogP contribution in [0.3, 0.4) is 0 Å². The highest BCUT2D eigenvalue weighted by Gasteiger charge is 2.25. The smallest absolute Gasteiger partial charge is 0.243 e. The Morgan fingerprint density at radius 3 is 2.29 bits per heavy atom. The molecule has 1 aromatic carbocycles. The molecular formula is C12H14N2O2S. The van der Waals surface area contributed by atoms with Gasteiger partial charge in [-0.3, -0.25) is 0 Å². The summed E-state index contributed by atoms with van der Waals surface area (Å²) < 4.78 is 26.0. The van der Waals surface area contributed by atoms with Crippen LogP contribution in [0.2, 0.25) is 0 Å². The molecule has 2 rings (SSSR count). The molecule has 1 saturated heterocycles. The molecule has 1 aliphatic heterocycles. The molecule has 0 aliphatic carbocycles. The second kappa shape index (κ2) is 4.88. The fourth-order valence-electron chi connectivity index (χ4n) is 1.76. The van der Waals surface area contributed by atoms with Crippen molar-refractivity contribution in [2.24, 2.45) is 0 Å². The van der Waals surface area contributed by atoms with Crippen LogP contribution in [-0.2, 0) is 10.0 Å². The van der Waals surface area contributed by atoms with E-state index in [1.165, 1.54) is 4.31 Å². The van der Waals surface area contributed by atoms with E-state index in [0.29, 0.717) is 36.6 Å². The van der Waals surface area contributed by atoms with Crippen molar-refractivity contribution in [2.45, 2.75) is 4.90 Å². The van der Waals surface area contributed by atoms with Crippen molar-refractivity contribution in [3.63, 3.8) is 0 Å². The largest absolute Gasteiger partial charge is 0.314 e. The highest BCUT2D eigenvalue weighted by Crippen LogP contribution is 2.16. The third kappa shape index (κ3) is 2.50. The average molecular weight is 250 g/mol. The van der Waals surface area contributed by atoms with Gasteiger partial charge in [-0.1, -0.05) is 5.92 Å². The van der Waals surface area contributed by atoms with Crippen LogP contribution in [0.5, 0.6) is 0 Å². The number of nitrogens with one attached hydrogen (secondary N) is 1. The lowest BCUT2D eigenvalue weighted by Crippen LogP contribution is -2.46. The summed E-state index contributed by atoms with van der Waals surface area (Å²) in [5.74, 6) is 2.47. The standard InChI is InChI=1S/C12H14N2O2S/c1-2-11-3-5-12(6-4-11)17(15,16)14-9-7-13-8-10-14/h1,3-6,13H,7-10H2. The van der Waals surface area contributed by atoms with Crippen molar-refractivity contribution in [2.75, 3.05) is 26.2 Å². The summed E-state index contributed by atoms with van der Waals surface area (Å²) in [6.07, 6.45) is 5.23. The Kier molecular flexibility index (Phi) is 3.48. The SMILES string of the molecule is C#Cc1ccc(S(=O)(=O)N2CCNCC2)cc1. The van der Waals surface area contributed by atoms with Crippen LogP contribution in [0, 0.1) is 12.3 Å². The number of rotatable bonds is 2. The molecule has 0 aromatic heterocycles. The average Bonchev–Trinajstić information content (AvgIpc) is 2.40. The van der Waals surface area contributed by atoms with E-state index in [0.717, 1.165) is 0 Å².